The molecule has 1 atom stereocenters. The smallest absolute Gasteiger partial charge is 0.257 e. The summed E-state index contributed by atoms with van der Waals surface area (Å²) in [6.07, 6.45) is 9.14. The highest BCUT2D eigenvalue weighted by Crippen LogP contribution is 2.32. The molecule has 2 fully saturated rings. The number of nitrogens with one attached hydrogen (secondary N) is 1. The third-order valence-corrected chi connectivity index (χ3v) is 5.16. The number of likely N-dealkylation sites (tertiary alicyclic amines) is 1. The van der Waals surface area contributed by atoms with E-state index in [-0.39, 0.29) is 11.9 Å². The fourth-order valence-corrected chi connectivity index (χ4v) is 3.84. The molecule has 2 aromatic rings. The number of nitrogens with zero attached hydrogens (tertiary/aromatic N) is 4. The average Bonchev–Trinajstić information content (AvgIpc) is 3.35. The number of carbonyl (C=O) groups is 1. The number of aromatic nitrogens is 4. The summed E-state index contributed by atoms with van der Waals surface area (Å²) in [6, 6.07) is 0.373. The molecule has 7 heteroatoms. The molecule has 1 N–H and O–H groups in total. The van der Waals surface area contributed by atoms with E-state index < -0.39 is 0 Å². The Morgan fingerprint density at radius 2 is 2.17 bits per heavy atom. The second-order valence-electron chi connectivity index (χ2n) is 6.56. The van der Waals surface area contributed by atoms with Crippen LogP contribution < -0.4 is 0 Å². The van der Waals surface area contributed by atoms with Gasteiger partial charge < -0.3 is 14.6 Å². The molecule has 2 aliphatic rings. The van der Waals surface area contributed by atoms with E-state index in [1.54, 1.807) is 12.4 Å². The predicted octanol–water partition coefficient (Wildman–Crippen LogP) is 2.24. The summed E-state index contributed by atoms with van der Waals surface area (Å²) in [5.41, 5.74) is 1.66. The topological polar surface area (TPSA) is 76.0 Å². The summed E-state index contributed by atoms with van der Waals surface area (Å²) in [6.45, 7) is 4.29. The molecule has 0 radical (unpaired) electrons. The Morgan fingerprint density at radius 3 is 2.92 bits per heavy atom. The lowest BCUT2D eigenvalue weighted by Gasteiger charge is -2.25. The average molecular weight is 329 g/mol. The molecular formula is C17H23N5O2. The van der Waals surface area contributed by atoms with Gasteiger partial charge in [-0.3, -0.25) is 9.48 Å². The number of hydrogen-bond donors (Lipinski definition) is 1. The van der Waals surface area contributed by atoms with Gasteiger partial charge >= 0.3 is 0 Å². The van der Waals surface area contributed by atoms with E-state index in [0.29, 0.717) is 11.6 Å². The van der Waals surface area contributed by atoms with Gasteiger partial charge in [0.2, 0.25) is 0 Å². The van der Waals surface area contributed by atoms with Crippen LogP contribution in [0, 0.1) is 6.92 Å². The molecule has 0 bridgehead atoms. The number of ether oxygens (including phenoxy) is 1. The molecule has 4 heterocycles. The molecule has 0 aliphatic carbocycles. The van der Waals surface area contributed by atoms with Gasteiger partial charge in [0, 0.05) is 37.8 Å². The first-order valence-corrected chi connectivity index (χ1v) is 8.68. The van der Waals surface area contributed by atoms with Crippen molar-refractivity contribution in [1.82, 2.24) is 24.6 Å². The van der Waals surface area contributed by atoms with Gasteiger partial charge in [0.1, 0.15) is 5.82 Å². The fourth-order valence-electron chi connectivity index (χ4n) is 3.84. The third-order valence-electron chi connectivity index (χ3n) is 5.16. The number of H-pyrrole nitrogens is 1. The Bertz CT molecular complexity index is 703. The van der Waals surface area contributed by atoms with E-state index in [9.17, 15) is 4.79 Å². The van der Waals surface area contributed by atoms with E-state index in [1.807, 2.05) is 22.7 Å². The monoisotopic (exact) mass is 329 g/mol. The second-order valence-corrected chi connectivity index (χ2v) is 6.56. The van der Waals surface area contributed by atoms with E-state index in [1.165, 1.54) is 0 Å². The van der Waals surface area contributed by atoms with Crippen LogP contribution in [0.5, 0.6) is 0 Å². The van der Waals surface area contributed by atoms with Crippen LogP contribution in [0.1, 0.15) is 59.6 Å². The highest BCUT2D eigenvalue weighted by molar-refractivity contribution is 5.95. The lowest BCUT2D eigenvalue weighted by atomic mass is 10.1. The molecule has 0 aromatic carbocycles. The van der Waals surface area contributed by atoms with Crippen LogP contribution in [-0.2, 0) is 4.74 Å². The van der Waals surface area contributed by atoms with Crippen molar-refractivity contribution >= 4 is 5.91 Å². The molecule has 1 unspecified atom stereocenters. The molecule has 7 nitrogen and oxygen atoms in total. The van der Waals surface area contributed by atoms with Gasteiger partial charge in [0.15, 0.2) is 0 Å². The maximum absolute atomic E-state index is 13.1. The molecule has 2 aromatic heterocycles. The molecule has 2 aliphatic heterocycles. The summed E-state index contributed by atoms with van der Waals surface area (Å²) < 4.78 is 7.43. The number of carbonyl (C=O) groups excluding carboxylic acids is 1. The van der Waals surface area contributed by atoms with Crippen molar-refractivity contribution in [2.45, 2.75) is 44.7 Å². The fraction of sp³-hybridized carbons (Fsp3) is 0.588. The molecule has 24 heavy (non-hydrogen) atoms. The van der Waals surface area contributed by atoms with E-state index in [2.05, 4.69) is 15.1 Å². The van der Waals surface area contributed by atoms with Gasteiger partial charge in [-0.15, -0.1) is 0 Å². The summed E-state index contributed by atoms with van der Waals surface area (Å²) in [5, 5.41) is 4.51. The van der Waals surface area contributed by atoms with Crippen LogP contribution in [-0.4, -0.2) is 50.3 Å². The largest absolute Gasteiger partial charge is 0.381 e. The van der Waals surface area contributed by atoms with E-state index in [4.69, 9.17) is 4.74 Å². The van der Waals surface area contributed by atoms with Gasteiger partial charge in [0.25, 0.3) is 5.91 Å². The van der Waals surface area contributed by atoms with Crippen LogP contribution in [0.2, 0.25) is 0 Å². The van der Waals surface area contributed by atoms with Gasteiger partial charge in [-0.05, 0) is 32.6 Å². The molecule has 128 valence electrons. The molecule has 0 spiro atoms. The van der Waals surface area contributed by atoms with Crippen LogP contribution in [0.25, 0.3) is 0 Å². The number of imidazole rings is 1. The SMILES string of the molecule is Cc1c(C(=O)N2CCCC2c2ncc[nH]2)cnn1C1CCOCC1. The number of aromatic amines is 1. The maximum atomic E-state index is 13.1. The third kappa shape index (κ3) is 2.62. The van der Waals surface area contributed by atoms with E-state index >= 15 is 0 Å². The Labute approximate surface area is 141 Å². The first-order valence-electron chi connectivity index (χ1n) is 8.68. The summed E-state index contributed by atoms with van der Waals surface area (Å²) in [7, 11) is 0. The Balaban J connectivity index is 1.57. The lowest BCUT2D eigenvalue weighted by Crippen LogP contribution is -2.31. The number of rotatable bonds is 3. The highest BCUT2D eigenvalue weighted by atomic mass is 16.5. The zero-order valence-electron chi connectivity index (χ0n) is 13.9. The van der Waals surface area contributed by atoms with Crippen molar-refractivity contribution in [1.29, 1.82) is 0 Å². The van der Waals surface area contributed by atoms with Gasteiger partial charge in [-0.25, -0.2) is 4.98 Å². The Morgan fingerprint density at radius 1 is 1.33 bits per heavy atom. The van der Waals surface area contributed by atoms with Crippen LogP contribution >= 0.6 is 0 Å². The number of hydrogen-bond acceptors (Lipinski definition) is 4. The van der Waals surface area contributed by atoms with Crippen molar-refractivity contribution < 1.29 is 9.53 Å². The minimum absolute atomic E-state index is 0.0401. The van der Waals surface area contributed by atoms with Crippen LogP contribution in [0.4, 0.5) is 0 Å². The number of amides is 1. The minimum Gasteiger partial charge on any atom is -0.381 e. The summed E-state index contributed by atoms with van der Waals surface area (Å²) in [5.74, 6) is 0.931. The standard InChI is InChI=1S/C17H23N5O2/c1-12-14(11-20-22(12)13-4-9-24-10-5-13)17(23)21-8-2-3-15(21)16-18-6-7-19-16/h6-7,11,13,15H,2-5,8-10H2,1H3,(H,18,19). The van der Waals surface area contributed by atoms with Crippen molar-refractivity contribution in [2.75, 3.05) is 19.8 Å². The zero-order valence-corrected chi connectivity index (χ0v) is 13.9. The van der Waals surface area contributed by atoms with E-state index in [0.717, 1.165) is 57.0 Å². The zero-order chi connectivity index (χ0) is 16.5. The summed E-state index contributed by atoms with van der Waals surface area (Å²) in [4.78, 5) is 22.5. The van der Waals surface area contributed by atoms with Gasteiger partial charge in [-0.1, -0.05) is 0 Å². The minimum atomic E-state index is 0.0401. The summed E-state index contributed by atoms with van der Waals surface area (Å²) >= 11 is 0. The van der Waals surface area contributed by atoms with Crippen molar-refractivity contribution in [3.63, 3.8) is 0 Å². The molecule has 0 saturated carbocycles. The van der Waals surface area contributed by atoms with Crippen molar-refractivity contribution in [3.05, 3.63) is 35.7 Å². The normalized spacial score (nSPS) is 22.2. The molecule has 1 amide bonds. The first kappa shape index (κ1) is 15.4. The quantitative estimate of drug-likeness (QED) is 0.937. The Kier molecular flexibility index (Phi) is 4.10. The van der Waals surface area contributed by atoms with Crippen molar-refractivity contribution in [2.24, 2.45) is 0 Å². The lowest BCUT2D eigenvalue weighted by molar-refractivity contribution is 0.0654. The predicted molar refractivity (Wildman–Crippen MR) is 87.7 cm³/mol. The second kappa shape index (κ2) is 6.39. The van der Waals surface area contributed by atoms with Crippen molar-refractivity contribution in [3.8, 4) is 0 Å². The molecule has 2 saturated heterocycles. The molecular weight excluding hydrogens is 306 g/mol. The first-order chi connectivity index (χ1) is 11.8. The van der Waals surface area contributed by atoms with Crippen LogP contribution in [0.15, 0.2) is 18.6 Å². The van der Waals surface area contributed by atoms with Gasteiger partial charge in [-0.2, -0.15) is 5.10 Å². The van der Waals surface area contributed by atoms with Gasteiger partial charge in [0.05, 0.1) is 23.8 Å². The van der Waals surface area contributed by atoms with Crippen LogP contribution in [0.3, 0.4) is 0 Å². The maximum Gasteiger partial charge on any atom is 0.257 e. The Hall–Kier alpha value is -2.15. The molecule has 4 rings (SSSR count). The highest BCUT2D eigenvalue weighted by Gasteiger charge is 2.34.